The molecule has 0 aromatic heterocycles. The van der Waals surface area contributed by atoms with Crippen molar-refractivity contribution in [2.45, 2.75) is 34.6 Å². The minimum absolute atomic E-state index is 0. The van der Waals surface area contributed by atoms with Crippen LogP contribution in [0.15, 0.2) is 115 Å². The molecular formula is C33H36W2. The third-order valence-corrected chi connectivity index (χ3v) is 3.78. The first-order chi connectivity index (χ1) is 16.3. The van der Waals surface area contributed by atoms with Gasteiger partial charge in [0.05, 0.1) is 0 Å². The first-order valence-electron chi connectivity index (χ1n) is 11.4. The van der Waals surface area contributed by atoms with Crippen molar-refractivity contribution >= 4 is 11.6 Å². The third kappa shape index (κ3) is 18.7. The molecule has 35 heavy (non-hydrogen) atoms. The van der Waals surface area contributed by atoms with E-state index in [2.05, 4.69) is 18.2 Å². The average Bonchev–Trinajstić information content (AvgIpc) is 2.94. The number of hydrogen-bond acceptors (Lipinski definition) is 0. The van der Waals surface area contributed by atoms with Crippen LogP contribution >= 0.6 is 0 Å². The molecule has 0 aliphatic heterocycles. The fourth-order valence-electron chi connectivity index (χ4n) is 2.37. The van der Waals surface area contributed by atoms with Crippen LogP contribution in [0, 0.1) is 24.8 Å². The summed E-state index contributed by atoms with van der Waals surface area (Å²) in [5, 5.41) is 0. The summed E-state index contributed by atoms with van der Waals surface area (Å²) in [4.78, 5) is 0. The van der Waals surface area contributed by atoms with Crippen LogP contribution < -0.4 is 0 Å². The van der Waals surface area contributed by atoms with Crippen LogP contribution in [-0.4, -0.2) is 0 Å². The van der Waals surface area contributed by atoms with E-state index in [0.717, 1.165) is 22.3 Å². The summed E-state index contributed by atoms with van der Waals surface area (Å²) in [6.45, 7) is 15.9. The Morgan fingerprint density at radius 1 is 0.629 bits per heavy atom. The maximum atomic E-state index is 6.00. The fraction of sp³-hybridized carbons (Fsp3) is 0.152. The number of rotatable bonds is 3. The summed E-state index contributed by atoms with van der Waals surface area (Å²) in [6, 6.07) is 43.6. The Balaban J connectivity index is -0.000000425. The molecular weight excluding hydrogens is 764 g/mol. The molecule has 0 aliphatic carbocycles. The van der Waals surface area contributed by atoms with Crippen molar-refractivity contribution in [2.75, 3.05) is 0 Å². The maximum absolute atomic E-state index is 6.00. The Labute approximate surface area is 243 Å². The summed E-state index contributed by atoms with van der Waals surface area (Å²) < 4.78 is 0. The molecule has 0 heterocycles. The van der Waals surface area contributed by atoms with Crippen molar-refractivity contribution in [3.8, 4) is 0 Å². The summed E-state index contributed by atoms with van der Waals surface area (Å²) in [5.41, 5.74) is 3.83. The van der Waals surface area contributed by atoms with Gasteiger partial charge in [0.2, 0.25) is 0 Å². The summed E-state index contributed by atoms with van der Waals surface area (Å²) in [7, 11) is 0. The number of benzene rings is 4. The normalized spacial score (nSPS) is 8.26. The SMILES string of the molecule is CC.CC.C[C-]=Cc1[c-]cccc1.[CH-]=C(c1[c-]cccc1)c1ccccc1.[W+2].[W+2].c1ccccc1. The van der Waals surface area contributed by atoms with Crippen LogP contribution in [0.25, 0.3) is 11.6 Å². The van der Waals surface area contributed by atoms with Crippen LogP contribution in [-0.2, 0) is 42.1 Å². The molecule has 0 N–H and O–H groups in total. The minimum Gasteiger partial charge on any atom is -0.330 e. The maximum Gasteiger partial charge on any atom is 2.00 e. The second-order valence-corrected chi connectivity index (χ2v) is 5.96. The molecule has 0 amide bonds. The molecule has 0 nitrogen and oxygen atoms in total. The smallest absolute Gasteiger partial charge is 0.330 e. The Bertz CT molecular complexity index is 881. The minimum atomic E-state index is 0. The van der Waals surface area contributed by atoms with Crippen LogP contribution in [0.5, 0.6) is 0 Å². The monoisotopic (exact) mass is 800 g/mol. The molecule has 4 aromatic carbocycles. The van der Waals surface area contributed by atoms with Crippen molar-refractivity contribution in [1.29, 1.82) is 0 Å². The molecule has 4 aromatic rings. The Morgan fingerprint density at radius 2 is 1.06 bits per heavy atom. The van der Waals surface area contributed by atoms with Gasteiger partial charge in [0.1, 0.15) is 0 Å². The fourth-order valence-corrected chi connectivity index (χ4v) is 2.37. The van der Waals surface area contributed by atoms with Crippen LogP contribution in [0.4, 0.5) is 0 Å². The van der Waals surface area contributed by atoms with Gasteiger partial charge in [-0.05, 0) is 0 Å². The van der Waals surface area contributed by atoms with Crippen molar-refractivity contribution in [3.05, 3.63) is 157 Å². The van der Waals surface area contributed by atoms with Gasteiger partial charge >= 0.3 is 42.1 Å². The first kappa shape index (κ1) is 37.3. The molecule has 0 spiro atoms. The Hall–Kier alpha value is -2.26. The molecule has 4 rings (SSSR count). The number of allylic oxidation sites excluding steroid dienone is 1. The summed E-state index contributed by atoms with van der Waals surface area (Å²) >= 11 is 0. The molecule has 0 radical (unpaired) electrons. The van der Waals surface area contributed by atoms with Gasteiger partial charge < -0.3 is 17.7 Å². The predicted molar refractivity (Wildman–Crippen MR) is 146 cm³/mol. The second-order valence-electron chi connectivity index (χ2n) is 5.96. The van der Waals surface area contributed by atoms with E-state index >= 15 is 0 Å². The zero-order valence-electron chi connectivity index (χ0n) is 21.4. The van der Waals surface area contributed by atoms with Crippen molar-refractivity contribution < 1.29 is 42.1 Å². The summed E-state index contributed by atoms with van der Waals surface area (Å²) in [6.07, 6.45) is 4.83. The predicted octanol–water partition coefficient (Wildman–Crippen LogP) is 9.41. The van der Waals surface area contributed by atoms with Gasteiger partial charge in [0.15, 0.2) is 0 Å². The standard InChI is InChI=1S/C14H10.C9H8.C6H6.2C2H6.2W/c1-12(13-8-4-2-5-9-13)14-10-6-3-7-11-14;1-2-6-9-7-4-3-5-8-9;1-2-4-6-5-3-1;2*1-2;;/h1-10H;3-7H,1H3;1-6H;2*1-2H3;;/q2*-2;;;;2*+2. The van der Waals surface area contributed by atoms with E-state index in [4.69, 9.17) is 6.58 Å². The van der Waals surface area contributed by atoms with Gasteiger partial charge in [-0.25, -0.2) is 24.3 Å². The average molecular weight is 800 g/mol. The molecule has 0 saturated carbocycles. The number of hydrogen-bond donors (Lipinski definition) is 0. The zero-order chi connectivity index (χ0) is 24.6. The molecule has 0 atom stereocenters. The molecule has 0 aliphatic rings. The van der Waals surface area contributed by atoms with Gasteiger partial charge in [-0.3, -0.25) is 17.7 Å². The second kappa shape index (κ2) is 28.0. The zero-order valence-corrected chi connectivity index (χ0v) is 27.3. The first-order valence-corrected chi connectivity index (χ1v) is 11.4. The molecule has 2 heteroatoms. The topological polar surface area (TPSA) is 0 Å². The van der Waals surface area contributed by atoms with Gasteiger partial charge in [-0.15, -0.1) is 31.2 Å². The molecule has 0 unspecified atom stereocenters. The van der Waals surface area contributed by atoms with Crippen molar-refractivity contribution in [1.82, 2.24) is 0 Å². The van der Waals surface area contributed by atoms with Crippen molar-refractivity contribution in [3.63, 3.8) is 0 Å². The summed E-state index contributed by atoms with van der Waals surface area (Å²) in [5.74, 6) is 0. The molecule has 0 saturated heterocycles. The quantitative estimate of drug-likeness (QED) is 0.181. The molecule has 180 valence electrons. The largest absolute Gasteiger partial charge is 2.00 e. The van der Waals surface area contributed by atoms with E-state index in [9.17, 15) is 0 Å². The van der Waals surface area contributed by atoms with Gasteiger partial charge in [-0.1, -0.05) is 82.3 Å². The molecule has 0 bridgehead atoms. The van der Waals surface area contributed by atoms with Gasteiger partial charge in [0.25, 0.3) is 0 Å². The van der Waals surface area contributed by atoms with Crippen LogP contribution in [0.1, 0.15) is 51.3 Å². The molecule has 0 fully saturated rings. The van der Waals surface area contributed by atoms with E-state index in [1.165, 1.54) is 0 Å². The van der Waals surface area contributed by atoms with Crippen LogP contribution in [0.3, 0.4) is 0 Å². The van der Waals surface area contributed by atoms with E-state index in [1.807, 2.05) is 156 Å². The Kier molecular flexibility index (Phi) is 29.8. The van der Waals surface area contributed by atoms with Crippen molar-refractivity contribution in [2.24, 2.45) is 0 Å². The van der Waals surface area contributed by atoms with E-state index < -0.39 is 0 Å². The van der Waals surface area contributed by atoms with E-state index in [1.54, 1.807) is 0 Å². The Morgan fingerprint density at radius 3 is 1.46 bits per heavy atom. The van der Waals surface area contributed by atoms with E-state index in [-0.39, 0.29) is 42.1 Å². The van der Waals surface area contributed by atoms with E-state index in [0.29, 0.717) is 0 Å². The van der Waals surface area contributed by atoms with Gasteiger partial charge in [-0.2, -0.15) is 29.8 Å². The third-order valence-electron chi connectivity index (χ3n) is 3.78. The van der Waals surface area contributed by atoms with Crippen LogP contribution in [0.2, 0.25) is 0 Å². The van der Waals surface area contributed by atoms with Gasteiger partial charge in [0, 0.05) is 0 Å².